The summed E-state index contributed by atoms with van der Waals surface area (Å²) in [4.78, 5) is 25.1. The van der Waals surface area contributed by atoms with E-state index in [0.29, 0.717) is 6.42 Å². The zero-order valence-electron chi connectivity index (χ0n) is 13.6. The van der Waals surface area contributed by atoms with Gasteiger partial charge in [-0.2, -0.15) is 5.10 Å². The van der Waals surface area contributed by atoms with Crippen LogP contribution >= 0.6 is 0 Å². The Hall–Kier alpha value is -2.44. The summed E-state index contributed by atoms with van der Waals surface area (Å²) in [5, 5.41) is 4.13. The maximum absolute atomic E-state index is 12.4. The van der Waals surface area contributed by atoms with E-state index in [0.717, 1.165) is 49.9 Å². The van der Waals surface area contributed by atoms with Crippen molar-refractivity contribution in [3.8, 4) is 0 Å². The van der Waals surface area contributed by atoms with Crippen molar-refractivity contribution < 1.29 is 4.79 Å². The Morgan fingerprint density at radius 3 is 2.61 bits per heavy atom. The number of rotatable bonds is 4. The van der Waals surface area contributed by atoms with Crippen molar-refractivity contribution in [1.82, 2.24) is 24.6 Å². The van der Waals surface area contributed by atoms with E-state index in [4.69, 9.17) is 0 Å². The summed E-state index contributed by atoms with van der Waals surface area (Å²) in [5.41, 5.74) is 1.09. The maximum atomic E-state index is 12.4. The molecule has 0 spiro atoms. The molecule has 2 aromatic rings. The third-order valence-corrected chi connectivity index (χ3v) is 4.24. The number of carbonyl (C=O) groups excluding carboxylic acids is 1. The van der Waals surface area contributed by atoms with Crippen LogP contribution in [0.4, 0.5) is 5.82 Å². The predicted octanol–water partition coefficient (Wildman–Crippen LogP) is 0.800. The van der Waals surface area contributed by atoms with Gasteiger partial charge in [-0.1, -0.05) is 0 Å². The van der Waals surface area contributed by atoms with Crippen molar-refractivity contribution in [2.45, 2.75) is 19.8 Å². The second-order valence-corrected chi connectivity index (χ2v) is 5.78. The monoisotopic (exact) mass is 314 g/mol. The van der Waals surface area contributed by atoms with Crippen LogP contribution < -0.4 is 4.90 Å². The van der Waals surface area contributed by atoms with Crippen molar-refractivity contribution in [2.24, 2.45) is 7.05 Å². The highest BCUT2D eigenvalue weighted by molar-refractivity contribution is 5.76. The molecule has 1 aliphatic heterocycles. The number of aromatic nitrogens is 4. The van der Waals surface area contributed by atoms with Gasteiger partial charge in [-0.25, -0.2) is 9.97 Å². The van der Waals surface area contributed by atoms with Crippen LogP contribution in [0.1, 0.15) is 17.9 Å². The standard InChI is InChI=1S/C16H22N6O/c1-13-17-7-6-15(19-13)21-9-11-22(12-10-21)16(23)4-3-14-5-8-18-20(14)2/h5-8H,3-4,9-12H2,1-2H3. The molecule has 3 heterocycles. The Labute approximate surface area is 135 Å². The van der Waals surface area contributed by atoms with E-state index in [-0.39, 0.29) is 5.91 Å². The molecule has 1 aliphatic rings. The van der Waals surface area contributed by atoms with Gasteiger partial charge in [0.1, 0.15) is 11.6 Å². The quantitative estimate of drug-likeness (QED) is 0.835. The van der Waals surface area contributed by atoms with Gasteiger partial charge in [0.05, 0.1) is 0 Å². The summed E-state index contributed by atoms with van der Waals surface area (Å²) >= 11 is 0. The molecule has 0 radical (unpaired) electrons. The number of aryl methyl sites for hydroxylation is 3. The zero-order valence-corrected chi connectivity index (χ0v) is 13.6. The van der Waals surface area contributed by atoms with Crippen molar-refractivity contribution in [3.05, 3.63) is 36.0 Å². The van der Waals surface area contributed by atoms with Crippen LogP contribution in [-0.4, -0.2) is 56.7 Å². The molecule has 1 saturated heterocycles. The number of piperazine rings is 1. The number of amides is 1. The molecule has 3 rings (SSSR count). The summed E-state index contributed by atoms with van der Waals surface area (Å²) in [6, 6.07) is 3.88. The van der Waals surface area contributed by atoms with Crippen LogP contribution in [0, 0.1) is 6.92 Å². The number of anilines is 1. The predicted molar refractivity (Wildman–Crippen MR) is 87.1 cm³/mol. The van der Waals surface area contributed by atoms with Crippen molar-refractivity contribution in [3.63, 3.8) is 0 Å². The molecule has 122 valence electrons. The Kier molecular flexibility index (Phi) is 4.55. The summed E-state index contributed by atoms with van der Waals surface area (Å²) in [7, 11) is 1.91. The topological polar surface area (TPSA) is 67.2 Å². The molecule has 7 heteroatoms. The second kappa shape index (κ2) is 6.76. The first-order chi connectivity index (χ1) is 11.1. The molecule has 0 atom stereocenters. The van der Waals surface area contributed by atoms with Gasteiger partial charge in [-0.15, -0.1) is 0 Å². The normalized spacial score (nSPS) is 15.0. The molecule has 0 N–H and O–H groups in total. The van der Waals surface area contributed by atoms with Gasteiger partial charge in [0.2, 0.25) is 5.91 Å². The van der Waals surface area contributed by atoms with Gasteiger partial charge in [0, 0.05) is 57.7 Å². The summed E-state index contributed by atoms with van der Waals surface area (Å²) in [6.45, 7) is 5.00. The lowest BCUT2D eigenvalue weighted by Crippen LogP contribution is -2.49. The van der Waals surface area contributed by atoms with Crippen molar-refractivity contribution in [2.75, 3.05) is 31.1 Å². The highest BCUT2D eigenvalue weighted by atomic mass is 16.2. The maximum Gasteiger partial charge on any atom is 0.223 e. The van der Waals surface area contributed by atoms with E-state index in [1.54, 1.807) is 12.4 Å². The fraction of sp³-hybridized carbons (Fsp3) is 0.500. The van der Waals surface area contributed by atoms with Crippen molar-refractivity contribution >= 4 is 11.7 Å². The lowest BCUT2D eigenvalue weighted by atomic mass is 10.2. The van der Waals surface area contributed by atoms with Crippen molar-refractivity contribution in [1.29, 1.82) is 0 Å². The minimum absolute atomic E-state index is 0.213. The fourth-order valence-corrected chi connectivity index (χ4v) is 2.84. The fourth-order valence-electron chi connectivity index (χ4n) is 2.84. The Morgan fingerprint density at radius 1 is 1.17 bits per heavy atom. The Bertz CT molecular complexity index is 675. The SMILES string of the molecule is Cc1nccc(N2CCN(C(=O)CCc3ccnn3C)CC2)n1. The first-order valence-corrected chi connectivity index (χ1v) is 7.93. The van der Waals surface area contributed by atoms with Gasteiger partial charge >= 0.3 is 0 Å². The third kappa shape index (κ3) is 3.67. The highest BCUT2D eigenvalue weighted by Gasteiger charge is 2.21. The van der Waals surface area contributed by atoms with E-state index in [2.05, 4.69) is 20.0 Å². The van der Waals surface area contributed by atoms with Gasteiger partial charge in [0.15, 0.2) is 0 Å². The second-order valence-electron chi connectivity index (χ2n) is 5.78. The van der Waals surface area contributed by atoms with Crippen LogP contribution in [0.25, 0.3) is 0 Å². The number of nitrogens with zero attached hydrogens (tertiary/aromatic N) is 6. The Balaban J connectivity index is 1.50. The highest BCUT2D eigenvalue weighted by Crippen LogP contribution is 2.14. The molecule has 0 unspecified atom stereocenters. The first kappa shape index (κ1) is 15.5. The molecule has 2 aromatic heterocycles. The molecular weight excluding hydrogens is 292 g/mol. The van der Waals surface area contributed by atoms with E-state index < -0.39 is 0 Å². The molecule has 7 nitrogen and oxygen atoms in total. The molecule has 1 amide bonds. The minimum Gasteiger partial charge on any atom is -0.353 e. The minimum atomic E-state index is 0.213. The third-order valence-electron chi connectivity index (χ3n) is 4.24. The average Bonchev–Trinajstić information content (AvgIpc) is 2.98. The van der Waals surface area contributed by atoms with Crippen LogP contribution in [0.2, 0.25) is 0 Å². The van der Waals surface area contributed by atoms with Gasteiger partial charge in [-0.3, -0.25) is 9.48 Å². The summed E-state index contributed by atoms with van der Waals surface area (Å²) in [5.74, 6) is 1.93. The smallest absolute Gasteiger partial charge is 0.223 e. The number of carbonyl (C=O) groups is 1. The number of hydrogen-bond donors (Lipinski definition) is 0. The Morgan fingerprint density at radius 2 is 1.96 bits per heavy atom. The molecule has 0 saturated carbocycles. The first-order valence-electron chi connectivity index (χ1n) is 7.93. The molecule has 23 heavy (non-hydrogen) atoms. The van der Waals surface area contributed by atoms with Crippen LogP contribution in [0.3, 0.4) is 0 Å². The summed E-state index contributed by atoms with van der Waals surface area (Å²) in [6.07, 6.45) is 4.82. The van der Waals surface area contributed by atoms with E-state index in [1.807, 2.05) is 35.7 Å². The largest absolute Gasteiger partial charge is 0.353 e. The lowest BCUT2D eigenvalue weighted by molar-refractivity contribution is -0.131. The van der Waals surface area contributed by atoms with Gasteiger partial charge in [0.25, 0.3) is 0 Å². The summed E-state index contributed by atoms with van der Waals surface area (Å²) < 4.78 is 1.82. The van der Waals surface area contributed by atoms with E-state index in [9.17, 15) is 4.79 Å². The molecule has 1 fully saturated rings. The van der Waals surface area contributed by atoms with Gasteiger partial charge in [-0.05, 0) is 25.5 Å². The zero-order chi connectivity index (χ0) is 16.2. The van der Waals surface area contributed by atoms with Gasteiger partial charge < -0.3 is 9.80 Å². The van der Waals surface area contributed by atoms with Crippen LogP contribution in [0.15, 0.2) is 24.5 Å². The van der Waals surface area contributed by atoms with E-state index in [1.165, 1.54) is 0 Å². The molecular formula is C16H22N6O. The molecule has 0 aromatic carbocycles. The number of hydrogen-bond acceptors (Lipinski definition) is 5. The van der Waals surface area contributed by atoms with Crippen LogP contribution in [-0.2, 0) is 18.3 Å². The van der Waals surface area contributed by atoms with E-state index >= 15 is 0 Å². The lowest BCUT2D eigenvalue weighted by Gasteiger charge is -2.35. The molecule has 0 bridgehead atoms. The van der Waals surface area contributed by atoms with Crippen LogP contribution in [0.5, 0.6) is 0 Å². The molecule has 0 aliphatic carbocycles. The average molecular weight is 314 g/mol.